The van der Waals surface area contributed by atoms with Crippen LogP contribution in [0, 0.1) is 126 Å². The van der Waals surface area contributed by atoms with Crippen LogP contribution in [0.4, 0.5) is 87.8 Å². The molecular formula is C41H15BF20N2O3. The van der Waals surface area contributed by atoms with Crippen molar-refractivity contribution in [3.8, 4) is 5.88 Å². The molecule has 350 valence electrons. The number of rotatable bonds is 9. The van der Waals surface area contributed by atoms with Gasteiger partial charge < -0.3 is 4.74 Å². The molecule has 0 atom stereocenters. The van der Waals surface area contributed by atoms with Gasteiger partial charge in [-0.3, -0.25) is 10.1 Å². The van der Waals surface area contributed by atoms with Gasteiger partial charge in [-0.2, -0.15) is 4.57 Å². The fourth-order valence-electron chi connectivity index (χ4n) is 7.28. The molecule has 1 heterocycles. The van der Waals surface area contributed by atoms with Gasteiger partial charge in [-0.25, -0.2) is 87.8 Å². The molecule has 0 aliphatic carbocycles. The van der Waals surface area contributed by atoms with Crippen molar-refractivity contribution in [2.75, 3.05) is 6.73 Å². The standard InChI is InChI=1S/C24BF20.C17H15N2O3/c26-5-1(6(27)14(35)21(42)13(5)34)25(2-7(28)15(36)22(43)16(37)8(2)29,3-9(30)17(38)23(44)18(39)10(3)31)4-11(32)19(40)24(45)20(41)12(4)33;20-19(21)13-22-17-16-9-5-4-8-15(16)10-11-18(17)12-14-6-2-1-3-7-14/h;1-11H,12-13H2/q-1;+1. The fraction of sp³-hybridized carbons (Fsp3) is 0.0488. The van der Waals surface area contributed by atoms with Gasteiger partial charge in [0.25, 0.3) is 0 Å². The summed E-state index contributed by atoms with van der Waals surface area (Å²) >= 11 is 0. The molecule has 0 amide bonds. The molecule has 1 aromatic heterocycles. The molecule has 0 bridgehead atoms. The summed E-state index contributed by atoms with van der Waals surface area (Å²) in [7, 11) is 0. The lowest BCUT2D eigenvalue weighted by atomic mass is 9.12. The first-order chi connectivity index (χ1) is 31.4. The van der Waals surface area contributed by atoms with E-state index in [1.165, 1.54) is 0 Å². The molecule has 5 nitrogen and oxygen atoms in total. The lowest BCUT2D eigenvalue weighted by Crippen LogP contribution is -2.81. The van der Waals surface area contributed by atoms with Crippen molar-refractivity contribution in [3.05, 3.63) is 199 Å². The molecule has 26 heteroatoms. The largest absolute Gasteiger partial charge is 0.381 e. The Morgan fingerprint density at radius 2 is 0.716 bits per heavy atom. The monoisotopic (exact) mass is 974 g/mol. The van der Waals surface area contributed by atoms with Crippen molar-refractivity contribution in [2.45, 2.75) is 6.54 Å². The number of hydrogen-bond acceptors (Lipinski definition) is 3. The van der Waals surface area contributed by atoms with E-state index in [0.717, 1.165) is 16.3 Å². The highest BCUT2D eigenvalue weighted by Crippen LogP contribution is 2.31. The second-order valence-corrected chi connectivity index (χ2v) is 13.7. The minimum absolute atomic E-state index is 0.478. The highest BCUT2D eigenvalue weighted by Gasteiger charge is 2.52. The molecule has 7 rings (SSSR count). The Hall–Kier alpha value is -7.41. The van der Waals surface area contributed by atoms with Crippen LogP contribution in [-0.4, -0.2) is 17.8 Å². The molecule has 0 aliphatic rings. The number of nitro groups is 1. The Morgan fingerprint density at radius 3 is 1.04 bits per heavy atom. The molecule has 0 fully saturated rings. The van der Waals surface area contributed by atoms with Gasteiger partial charge in [0.2, 0.25) is 0 Å². The molecule has 67 heavy (non-hydrogen) atoms. The number of ether oxygens (including phenoxy) is 1. The highest BCUT2D eigenvalue weighted by molar-refractivity contribution is 7.20. The van der Waals surface area contributed by atoms with Gasteiger partial charge in [0, 0.05) is 11.6 Å². The third-order valence-electron chi connectivity index (χ3n) is 10.1. The molecule has 0 saturated heterocycles. The van der Waals surface area contributed by atoms with Gasteiger partial charge in [0.15, 0.2) is 82.5 Å². The summed E-state index contributed by atoms with van der Waals surface area (Å²) in [4.78, 5) is 10.2. The molecule has 0 aliphatic heterocycles. The zero-order chi connectivity index (χ0) is 49.7. The van der Waals surface area contributed by atoms with Crippen molar-refractivity contribution in [1.29, 1.82) is 0 Å². The minimum atomic E-state index is -7.22. The number of halogens is 20. The van der Waals surface area contributed by atoms with E-state index in [1.54, 1.807) is 0 Å². The fourth-order valence-corrected chi connectivity index (χ4v) is 7.28. The maximum absolute atomic E-state index is 15.4. The van der Waals surface area contributed by atoms with E-state index in [-0.39, 0.29) is 0 Å². The summed E-state index contributed by atoms with van der Waals surface area (Å²) in [6.07, 6.45) is -5.32. The molecule has 7 aromatic rings. The van der Waals surface area contributed by atoms with E-state index in [4.69, 9.17) is 4.74 Å². The topological polar surface area (TPSA) is 56.3 Å². The number of hydrogen-bond donors (Lipinski definition) is 0. The zero-order valence-corrected chi connectivity index (χ0v) is 32.0. The average Bonchev–Trinajstić information content (AvgIpc) is 3.31. The van der Waals surface area contributed by atoms with Gasteiger partial charge >= 0.3 is 12.6 Å². The molecule has 6 aromatic carbocycles. The van der Waals surface area contributed by atoms with Gasteiger partial charge in [-0.15, -0.1) is 21.9 Å². The highest BCUT2D eigenvalue weighted by atomic mass is 19.2. The van der Waals surface area contributed by atoms with E-state index < -0.39 is 156 Å². The molecule has 0 radical (unpaired) electrons. The Labute approximate surface area is 358 Å². The molecule has 0 unspecified atom stereocenters. The second kappa shape index (κ2) is 18.5. The summed E-state index contributed by atoms with van der Waals surface area (Å²) < 4.78 is 301. The van der Waals surface area contributed by atoms with Crippen LogP contribution < -0.4 is 31.2 Å². The second-order valence-electron chi connectivity index (χ2n) is 13.7. The predicted octanol–water partition coefficient (Wildman–Crippen LogP) is 8.63. The number of pyridine rings is 1. The van der Waals surface area contributed by atoms with E-state index in [9.17, 15) is 62.8 Å². The van der Waals surface area contributed by atoms with Gasteiger partial charge in [0.1, 0.15) is 52.7 Å². The van der Waals surface area contributed by atoms with Crippen LogP contribution in [0.2, 0.25) is 0 Å². The SMILES string of the molecule is Fc1c(F)c(F)c([B-](c2c(F)c(F)c(F)c(F)c2F)(c2c(F)c(F)c(F)c(F)c2F)c2c(F)c(F)c(F)c(F)c2F)c(F)c1F.O=[N+]([O-])COc1c2ccccc2cc[n+]1Cc1ccccc1. The van der Waals surface area contributed by atoms with Gasteiger partial charge in [0.05, 0.1) is 10.3 Å². The summed E-state index contributed by atoms with van der Waals surface area (Å²) in [5, 5.41) is 12.5. The quantitative estimate of drug-likeness (QED) is 0.0213. The van der Waals surface area contributed by atoms with Crippen molar-refractivity contribution in [3.63, 3.8) is 0 Å². The van der Waals surface area contributed by atoms with E-state index in [0.29, 0.717) is 12.4 Å². The van der Waals surface area contributed by atoms with Crippen LogP contribution in [0.15, 0.2) is 66.9 Å². The number of fused-ring (bicyclic) bond motifs is 1. The molecular weight excluding hydrogens is 959 g/mol. The number of benzene rings is 6. The van der Waals surface area contributed by atoms with Crippen LogP contribution in [0.3, 0.4) is 0 Å². The van der Waals surface area contributed by atoms with Crippen LogP contribution in [0.25, 0.3) is 10.8 Å². The molecule has 0 saturated carbocycles. The Bertz CT molecular complexity index is 2780. The number of aromatic nitrogens is 1. The van der Waals surface area contributed by atoms with Crippen LogP contribution in [0.5, 0.6) is 5.88 Å². The third kappa shape index (κ3) is 7.96. The van der Waals surface area contributed by atoms with Crippen molar-refractivity contribution in [2.24, 2.45) is 0 Å². The van der Waals surface area contributed by atoms with E-state index in [2.05, 4.69) is 0 Å². The van der Waals surface area contributed by atoms with Gasteiger partial charge in [-0.1, -0.05) is 48.5 Å². The number of nitrogens with zero attached hydrogens (tertiary/aromatic N) is 2. The summed E-state index contributed by atoms with van der Waals surface area (Å²) in [5.74, 6) is -70.9. The van der Waals surface area contributed by atoms with Crippen LogP contribution in [0.1, 0.15) is 5.56 Å². The van der Waals surface area contributed by atoms with E-state index in [1.807, 2.05) is 71.4 Å². The minimum Gasteiger partial charge on any atom is -0.378 e. The van der Waals surface area contributed by atoms with Crippen molar-refractivity contribution < 1.29 is 102 Å². The summed E-state index contributed by atoms with van der Waals surface area (Å²) in [6.45, 7) is 0.0432. The smallest absolute Gasteiger partial charge is 0.378 e. The average molecular weight is 974 g/mol. The first-order valence-electron chi connectivity index (χ1n) is 17.9. The molecule has 0 spiro atoms. The maximum atomic E-state index is 15.4. The Morgan fingerprint density at radius 1 is 0.418 bits per heavy atom. The third-order valence-corrected chi connectivity index (χ3v) is 10.1. The van der Waals surface area contributed by atoms with E-state index >= 15 is 35.1 Å². The summed E-state index contributed by atoms with van der Waals surface area (Å²) in [6, 6.07) is 19.6. The maximum Gasteiger partial charge on any atom is 0.381 e. The predicted molar refractivity (Wildman–Crippen MR) is 191 cm³/mol. The van der Waals surface area contributed by atoms with Gasteiger partial charge in [-0.05, 0) is 11.5 Å². The normalized spacial score (nSPS) is 11.5. The van der Waals surface area contributed by atoms with Crippen LogP contribution >= 0.6 is 0 Å². The lowest BCUT2D eigenvalue weighted by Gasteiger charge is -2.44. The lowest BCUT2D eigenvalue weighted by molar-refractivity contribution is -0.696. The first kappa shape index (κ1) is 49.0. The van der Waals surface area contributed by atoms with Crippen molar-refractivity contribution in [1.82, 2.24) is 0 Å². The Balaban J connectivity index is 0.000000279. The molecule has 0 N–H and O–H groups in total. The first-order valence-corrected chi connectivity index (χ1v) is 17.9. The Kier molecular flexibility index (Phi) is 13.5. The van der Waals surface area contributed by atoms with Crippen molar-refractivity contribution >= 4 is 38.8 Å². The van der Waals surface area contributed by atoms with Crippen LogP contribution in [-0.2, 0) is 6.54 Å². The summed E-state index contributed by atoms with van der Waals surface area (Å²) in [5.41, 5.74) is -13.2. The zero-order valence-electron chi connectivity index (χ0n) is 32.0.